The fourth-order valence-electron chi connectivity index (χ4n) is 3.42. The van der Waals surface area contributed by atoms with Crippen molar-refractivity contribution >= 4 is 23.1 Å². The number of hydrogen-bond acceptors (Lipinski definition) is 4. The van der Waals surface area contributed by atoms with Crippen molar-refractivity contribution in [1.82, 2.24) is 0 Å². The number of carboxylic acids is 2. The molecular weight excluding hydrogens is 376 g/mol. The molecule has 3 aromatic rings. The van der Waals surface area contributed by atoms with Crippen LogP contribution in [0.2, 0.25) is 0 Å². The number of hydrogen-bond donors (Lipinski definition) is 0. The summed E-state index contributed by atoms with van der Waals surface area (Å²) in [5.74, 6) is -2.79. The van der Waals surface area contributed by atoms with E-state index < -0.39 is 11.9 Å². The lowest BCUT2D eigenvalue weighted by molar-refractivity contribution is -0.256. The minimum atomic E-state index is -1.40. The average Bonchev–Trinajstić information content (AvgIpc) is 2.72. The Labute approximate surface area is 175 Å². The first-order valence-corrected chi connectivity index (χ1v) is 9.33. The van der Waals surface area contributed by atoms with Crippen molar-refractivity contribution in [3.05, 3.63) is 96.1 Å². The van der Waals surface area contributed by atoms with E-state index in [0.717, 1.165) is 22.3 Å². The van der Waals surface area contributed by atoms with Gasteiger partial charge in [-0.2, -0.15) is 0 Å². The maximum absolute atomic E-state index is 11.9. The van der Waals surface area contributed by atoms with Gasteiger partial charge < -0.3 is 19.8 Å². The molecule has 3 aromatic carbocycles. The van der Waals surface area contributed by atoms with E-state index in [9.17, 15) is 19.8 Å². The lowest BCUT2D eigenvalue weighted by atomic mass is 9.85. The first kappa shape index (κ1) is 20.8. The smallest absolute Gasteiger partial charge is 0.0721 e. The second-order valence-corrected chi connectivity index (χ2v) is 7.21. The number of benzene rings is 3. The van der Waals surface area contributed by atoms with Crippen LogP contribution in [0.4, 0.5) is 0 Å². The monoisotopic (exact) mass is 396 g/mol. The Morgan fingerprint density at radius 3 is 1.33 bits per heavy atom. The predicted molar refractivity (Wildman–Crippen MR) is 115 cm³/mol. The van der Waals surface area contributed by atoms with Crippen molar-refractivity contribution in [3.8, 4) is 22.3 Å². The first-order chi connectivity index (χ1) is 14.2. The highest BCUT2D eigenvalue weighted by molar-refractivity contribution is 6.07. The van der Waals surface area contributed by atoms with Crippen molar-refractivity contribution in [2.24, 2.45) is 0 Å². The standard InChI is InChI=1S/C26H22O4/c1-15(2)17-7-5-9-19(13-17)23-21(25(27)28)11-12-22(26(29)30)24(23)20-10-6-8-18(14-20)16(3)4/h5-14H,1,3H2,2,4H3,(H,27,28)(H,29,30)/p-2. The molecule has 0 spiro atoms. The van der Waals surface area contributed by atoms with Crippen molar-refractivity contribution < 1.29 is 19.8 Å². The van der Waals surface area contributed by atoms with E-state index in [2.05, 4.69) is 13.2 Å². The molecule has 0 heterocycles. The third kappa shape index (κ3) is 3.94. The summed E-state index contributed by atoms with van der Waals surface area (Å²) in [4.78, 5) is 23.9. The third-order valence-electron chi connectivity index (χ3n) is 4.93. The van der Waals surface area contributed by atoms with E-state index in [0.29, 0.717) is 11.1 Å². The fourth-order valence-corrected chi connectivity index (χ4v) is 3.42. The fraction of sp³-hybridized carbons (Fsp3) is 0.0769. The lowest BCUT2D eigenvalue weighted by Crippen LogP contribution is -2.26. The molecule has 0 saturated heterocycles. The molecule has 0 aromatic heterocycles. The van der Waals surface area contributed by atoms with Crippen LogP contribution in [0.25, 0.3) is 33.4 Å². The second-order valence-electron chi connectivity index (χ2n) is 7.21. The Bertz CT molecular complexity index is 1110. The second kappa shape index (κ2) is 8.21. The zero-order valence-corrected chi connectivity index (χ0v) is 16.8. The molecular formula is C26H20O4-2. The SMILES string of the molecule is C=C(C)c1cccc(-c2c(C(=O)[O-])ccc(C(=O)[O-])c2-c2cccc(C(=C)C)c2)c1. The van der Waals surface area contributed by atoms with Crippen LogP contribution in [-0.2, 0) is 0 Å². The topological polar surface area (TPSA) is 80.3 Å². The molecule has 0 N–H and O–H groups in total. The zero-order valence-electron chi connectivity index (χ0n) is 16.8. The highest BCUT2D eigenvalue weighted by Crippen LogP contribution is 2.39. The maximum atomic E-state index is 11.9. The quantitative estimate of drug-likeness (QED) is 0.634. The maximum Gasteiger partial charge on any atom is 0.0721 e. The number of rotatable bonds is 6. The Morgan fingerprint density at radius 2 is 1.03 bits per heavy atom. The number of allylic oxidation sites excluding steroid dienone is 2. The van der Waals surface area contributed by atoms with E-state index in [-0.39, 0.29) is 22.3 Å². The minimum absolute atomic E-state index is 0.102. The van der Waals surface area contributed by atoms with Gasteiger partial charge in [0.05, 0.1) is 11.9 Å². The van der Waals surface area contributed by atoms with E-state index in [1.807, 2.05) is 26.0 Å². The van der Waals surface area contributed by atoms with Gasteiger partial charge in [-0.05, 0) is 59.4 Å². The van der Waals surface area contributed by atoms with Gasteiger partial charge in [-0.15, -0.1) is 0 Å². The van der Waals surface area contributed by atoms with Crippen LogP contribution in [0.15, 0.2) is 73.8 Å². The van der Waals surface area contributed by atoms with Gasteiger partial charge in [0.2, 0.25) is 0 Å². The molecule has 0 aliphatic carbocycles. The number of carbonyl (C=O) groups excluding carboxylic acids is 2. The van der Waals surface area contributed by atoms with Crippen molar-refractivity contribution in [2.45, 2.75) is 13.8 Å². The summed E-state index contributed by atoms with van der Waals surface area (Å²) >= 11 is 0. The van der Waals surface area contributed by atoms with E-state index in [1.165, 1.54) is 12.1 Å². The molecule has 0 aliphatic rings. The van der Waals surface area contributed by atoms with Crippen LogP contribution in [0.5, 0.6) is 0 Å². The molecule has 0 radical (unpaired) electrons. The van der Waals surface area contributed by atoms with Crippen LogP contribution in [0.3, 0.4) is 0 Å². The van der Waals surface area contributed by atoms with Gasteiger partial charge in [0.25, 0.3) is 0 Å². The Kier molecular flexibility index (Phi) is 5.70. The molecule has 0 bridgehead atoms. The molecule has 150 valence electrons. The Hall–Kier alpha value is -3.92. The van der Waals surface area contributed by atoms with Gasteiger partial charge in [-0.25, -0.2) is 0 Å². The van der Waals surface area contributed by atoms with Crippen molar-refractivity contribution in [3.63, 3.8) is 0 Å². The predicted octanol–water partition coefficient (Wildman–Crippen LogP) is 3.81. The van der Waals surface area contributed by atoms with Gasteiger partial charge in [0.1, 0.15) is 0 Å². The normalized spacial score (nSPS) is 10.5. The Balaban J connectivity index is 2.47. The summed E-state index contributed by atoms with van der Waals surface area (Å²) < 4.78 is 0. The number of carbonyl (C=O) groups is 2. The Morgan fingerprint density at radius 1 is 0.667 bits per heavy atom. The highest BCUT2D eigenvalue weighted by Gasteiger charge is 2.19. The summed E-state index contributed by atoms with van der Waals surface area (Å²) in [6.45, 7) is 11.5. The molecule has 0 unspecified atom stereocenters. The molecule has 3 rings (SSSR count). The van der Waals surface area contributed by atoms with Crippen LogP contribution < -0.4 is 10.2 Å². The highest BCUT2D eigenvalue weighted by atomic mass is 16.4. The summed E-state index contributed by atoms with van der Waals surface area (Å²) in [7, 11) is 0. The van der Waals surface area contributed by atoms with Gasteiger partial charge in [-0.3, -0.25) is 0 Å². The van der Waals surface area contributed by atoms with Gasteiger partial charge >= 0.3 is 0 Å². The number of carboxylic acid groups (broad SMARTS) is 2. The third-order valence-corrected chi connectivity index (χ3v) is 4.93. The molecule has 4 heteroatoms. The first-order valence-electron chi connectivity index (χ1n) is 9.33. The summed E-state index contributed by atoms with van der Waals surface area (Å²) in [5.41, 5.74) is 4.65. The minimum Gasteiger partial charge on any atom is -0.545 e. The van der Waals surface area contributed by atoms with Gasteiger partial charge in [0, 0.05) is 11.1 Å². The number of aromatic carboxylic acids is 2. The lowest BCUT2D eigenvalue weighted by Gasteiger charge is -2.21. The molecule has 0 saturated carbocycles. The molecule has 30 heavy (non-hydrogen) atoms. The zero-order chi connectivity index (χ0) is 22.0. The van der Waals surface area contributed by atoms with Gasteiger partial charge in [-0.1, -0.05) is 72.8 Å². The van der Waals surface area contributed by atoms with Gasteiger partial charge in [0.15, 0.2) is 0 Å². The molecule has 4 nitrogen and oxygen atoms in total. The van der Waals surface area contributed by atoms with E-state index in [1.54, 1.807) is 36.4 Å². The average molecular weight is 396 g/mol. The van der Waals surface area contributed by atoms with Crippen LogP contribution >= 0.6 is 0 Å². The molecule has 0 amide bonds. The summed E-state index contributed by atoms with van der Waals surface area (Å²) in [6, 6.07) is 16.8. The molecule has 0 fully saturated rings. The van der Waals surface area contributed by atoms with E-state index >= 15 is 0 Å². The largest absolute Gasteiger partial charge is 0.545 e. The van der Waals surface area contributed by atoms with Crippen molar-refractivity contribution in [2.75, 3.05) is 0 Å². The van der Waals surface area contributed by atoms with Crippen LogP contribution in [0.1, 0.15) is 45.7 Å². The van der Waals surface area contributed by atoms with Crippen molar-refractivity contribution in [1.29, 1.82) is 0 Å². The summed E-state index contributed by atoms with van der Waals surface area (Å²) in [6.07, 6.45) is 0. The van der Waals surface area contributed by atoms with Crippen LogP contribution in [0, 0.1) is 0 Å². The summed E-state index contributed by atoms with van der Waals surface area (Å²) in [5, 5.41) is 23.9. The van der Waals surface area contributed by atoms with E-state index in [4.69, 9.17) is 0 Å². The molecule has 0 atom stereocenters. The van der Waals surface area contributed by atoms with Crippen LogP contribution in [-0.4, -0.2) is 11.9 Å². The molecule has 0 aliphatic heterocycles.